The number of nitro benzene ring substituents is 1. The molecule has 1 aromatic heterocycles. The van der Waals surface area contributed by atoms with Gasteiger partial charge in [0.05, 0.1) is 10.4 Å². The average Bonchev–Trinajstić information content (AvgIpc) is 2.53. The first kappa shape index (κ1) is 13.0. The van der Waals surface area contributed by atoms with E-state index in [-0.39, 0.29) is 5.69 Å². The molecule has 3 aromatic rings. The molecule has 21 heavy (non-hydrogen) atoms. The maximum absolute atomic E-state index is 10.8. The van der Waals surface area contributed by atoms with Crippen LogP contribution in [0.25, 0.3) is 10.9 Å². The Labute approximate surface area is 120 Å². The summed E-state index contributed by atoms with van der Waals surface area (Å²) in [5.41, 5.74) is 1.77. The van der Waals surface area contributed by atoms with Crippen LogP contribution in [-0.2, 0) is 6.54 Å². The molecule has 1 heterocycles. The van der Waals surface area contributed by atoms with Crippen molar-refractivity contribution in [2.75, 3.05) is 5.32 Å². The van der Waals surface area contributed by atoms with Crippen LogP contribution in [0.2, 0.25) is 0 Å². The van der Waals surface area contributed by atoms with E-state index in [1.165, 1.54) is 12.4 Å². The average molecular weight is 280 g/mol. The quantitative estimate of drug-likeness (QED) is 0.586. The second-order valence-electron chi connectivity index (χ2n) is 4.52. The summed E-state index contributed by atoms with van der Waals surface area (Å²) < 4.78 is 0. The zero-order valence-electron chi connectivity index (χ0n) is 11.1. The van der Waals surface area contributed by atoms with Crippen molar-refractivity contribution >= 4 is 22.4 Å². The minimum absolute atomic E-state index is 0.0850. The van der Waals surface area contributed by atoms with Gasteiger partial charge in [-0.15, -0.1) is 0 Å². The van der Waals surface area contributed by atoms with Gasteiger partial charge in [-0.2, -0.15) is 0 Å². The molecule has 0 saturated heterocycles. The second-order valence-corrected chi connectivity index (χ2v) is 4.52. The van der Waals surface area contributed by atoms with Crippen molar-refractivity contribution in [2.24, 2.45) is 0 Å². The molecule has 0 fully saturated rings. The number of rotatable bonds is 4. The van der Waals surface area contributed by atoms with Crippen LogP contribution in [0.3, 0.4) is 0 Å². The molecule has 6 nitrogen and oxygen atoms in total. The van der Waals surface area contributed by atoms with E-state index in [0.717, 1.165) is 16.5 Å². The van der Waals surface area contributed by atoms with E-state index >= 15 is 0 Å². The summed E-state index contributed by atoms with van der Waals surface area (Å²) in [5, 5.41) is 14.9. The predicted molar refractivity (Wildman–Crippen MR) is 80.0 cm³/mol. The van der Waals surface area contributed by atoms with E-state index in [0.29, 0.717) is 12.4 Å². The first-order valence-electron chi connectivity index (χ1n) is 6.41. The van der Waals surface area contributed by atoms with Crippen LogP contribution in [-0.4, -0.2) is 14.9 Å². The van der Waals surface area contributed by atoms with Crippen LogP contribution < -0.4 is 5.32 Å². The number of nitro groups is 1. The van der Waals surface area contributed by atoms with E-state index in [1.807, 2.05) is 30.3 Å². The molecule has 0 atom stereocenters. The van der Waals surface area contributed by atoms with Gasteiger partial charge in [0.15, 0.2) is 0 Å². The maximum atomic E-state index is 10.8. The standard InChI is InChI=1S/C15H12N4O2/c20-19(21)12-5-3-4-11(8-12)9-16-15-13-6-1-2-7-14(13)17-10-18-15/h1-8,10H,9H2,(H,16,17,18). The molecule has 0 amide bonds. The number of hydrogen-bond donors (Lipinski definition) is 1. The minimum Gasteiger partial charge on any atom is -0.365 e. The fraction of sp³-hybridized carbons (Fsp3) is 0.0667. The smallest absolute Gasteiger partial charge is 0.269 e. The van der Waals surface area contributed by atoms with Crippen LogP contribution in [0, 0.1) is 10.1 Å². The van der Waals surface area contributed by atoms with E-state index in [1.54, 1.807) is 12.1 Å². The van der Waals surface area contributed by atoms with Gasteiger partial charge in [-0.1, -0.05) is 24.3 Å². The largest absolute Gasteiger partial charge is 0.365 e. The summed E-state index contributed by atoms with van der Waals surface area (Å²) in [7, 11) is 0. The lowest BCUT2D eigenvalue weighted by atomic mass is 10.2. The number of nitrogens with zero attached hydrogens (tertiary/aromatic N) is 3. The van der Waals surface area contributed by atoms with E-state index in [9.17, 15) is 10.1 Å². The van der Waals surface area contributed by atoms with E-state index in [4.69, 9.17) is 0 Å². The molecule has 3 rings (SSSR count). The van der Waals surface area contributed by atoms with Crippen LogP contribution in [0.15, 0.2) is 54.9 Å². The fourth-order valence-corrected chi connectivity index (χ4v) is 2.11. The van der Waals surface area contributed by atoms with Crippen molar-refractivity contribution in [2.45, 2.75) is 6.54 Å². The lowest BCUT2D eigenvalue weighted by Gasteiger charge is -2.08. The lowest BCUT2D eigenvalue weighted by molar-refractivity contribution is -0.384. The van der Waals surface area contributed by atoms with Crippen molar-refractivity contribution in [3.05, 3.63) is 70.5 Å². The van der Waals surface area contributed by atoms with Crippen molar-refractivity contribution in [1.29, 1.82) is 0 Å². The Bertz CT molecular complexity index is 799. The number of nitrogens with one attached hydrogen (secondary N) is 1. The monoisotopic (exact) mass is 280 g/mol. The molecule has 1 N–H and O–H groups in total. The number of hydrogen-bond acceptors (Lipinski definition) is 5. The van der Waals surface area contributed by atoms with Gasteiger partial charge >= 0.3 is 0 Å². The first-order chi connectivity index (χ1) is 10.2. The fourth-order valence-electron chi connectivity index (χ4n) is 2.11. The third-order valence-corrected chi connectivity index (χ3v) is 3.12. The Morgan fingerprint density at radius 2 is 1.95 bits per heavy atom. The maximum Gasteiger partial charge on any atom is 0.269 e. The van der Waals surface area contributed by atoms with Crippen molar-refractivity contribution in [1.82, 2.24) is 9.97 Å². The molecule has 0 spiro atoms. The van der Waals surface area contributed by atoms with Crippen molar-refractivity contribution in [3.63, 3.8) is 0 Å². The van der Waals surface area contributed by atoms with Gasteiger partial charge in [0, 0.05) is 24.1 Å². The number of benzene rings is 2. The van der Waals surface area contributed by atoms with Crippen LogP contribution in [0.1, 0.15) is 5.56 Å². The zero-order chi connectivity index (χ0) is 14.7. The Hall–Kier alpha value is -3.02. The lowest BCUT2D eigenvalue weighted by Crippen LogP contribution is -2.03. The highest BCUT2D eigenvalue weighted by Gasteiger charge is 2.06. The topological polar surface area (TPSA) is 81.0 Å². The molecular formula is C15H12N4O2. The Morgan fingerprint density at radius 3 is 2.81 bits per heavy atom. The first-order valence-corrected chi connectivity index (χ1v) is 6.41. The van der Waals surface area contributed by atoms with Crippen molar-refractivity contribution in [3.8, 4) is 0 Å². The van der Waals surface area contributed by atoms with Gasteiger partial charge in [0.2, 0.25) is 0 Å². The molecule has 104 valence electrons. The molecule has 0 radical (unpaired) electrons. The summed E-state index contributed by atoms with van der Waals surface area (Å²) in [6.45, 7) is 0.461. The number of aromatic nitrogens is 2. The van der Waals surface area contributed by atoms with Gasteiger partial charge in [-0.3, -0.25) is 10.1 Å². The molecular weight excluding hydrogens is 268 g/mol. The SMILES string of the molecule is O=[N+]([O-])c1cccc(CNc2ncnc3ccccc23)c1. The number of anilines is 1. The molecule has 0 aliphatic carbocycles. The van der Waals surface area contributed by atoms with E-state index < -0.39 is 4.92 Å². The van der Waals surface area contributed by atoms with Gasteiger partial charge in [0.25, 0.3) is 5.69 Å². The van der Waals surface area contributed by atoms with Gasteiger partial charge in [-0.25, -0.2) is 9.97 Å². The summed E-state index contributed by atoms with van der Waals surface area (Å²) in [5.74, 6) is 0.715. The van der Waals surface area contributed by atoms with Gasteiger partial charge < -0.3 is 5.32 Å². The van der Waals surface area contributed by atoms with Crippen LogP contribution >= 0.6 is 0 Å². The Kier molecular flexibility index (Phi) is 3.42. The highest BCUT2D eigenvalue weighted by Crippen LogP contribution is 2.20. The Balaban J connectivity index is 1.84. The van der Waals surface area contributed by atoms with Crippen LogP contribution in [0.4, 0.5) is 11.5 Å². The highest BCUT2D eigenvalue weighted by atomic mass is 16.6. The number of fused-ring (bicyclic) bond motifs is 1. The third-order valence-electron chi connectivity index (χ3n) is 3.12. The molecule has 0 unspecified atom stereocenters. The summed E-state index contributed by atoms with van der Waals surface area (Å²) in [6.07, 6.45) is 1.50. The summed E-state index contributed by atoms with van der Waals surface area (Å²) >= 11 is 0. The van der Waals surface area contributed by atoms with Gasteiger partial charge in [0.1, 0.15) is 12.1 Å². The predicted octanol–water partition coefficient (Wildman–Crippen LogP) is 3.15. The van der Waals surface area contributed by atoms with Gasteiger partial charge in [-0.05, 0) is 17.7 Å². The normalized spacial score (nSPS) is 10.5. The highest BCUT2D eigenvalue weighted by molar-refractivity contribution is 5.88. The molecule has 6 heteroatoms. The second kappa shape index (κ2) is 5.54. The van der Waals surface area contributed by atoms with Crippen molar-refractivity contribution < 1.29 is 4.92 Å². The molecule has 2 aromatic carbocycles. The molecule has 0 aliphatic heterocycles. The van der Waals surface area contributed by atoms with E-state index in [2.05, 4.69) is 15.3 Å². The summed E-state index contributed by atoms with van der Waals surface area (Å²) in [4.78, 5) is 18.8. The Morgan fingerprint density at radius 1 is 1.10 bits per heavy atom. The van der Waals surface area contributed by atoms with Crippen LogP contribution in [0.5, 0.6) is 0 Å². The summed E-state index contributed by atoms with van der Waals surface area (Å²) in [6, 6.07) is 14.2. The zero-order valence-corrected chi connectivity index (χ0v) is 11.1. The molecule has 0 saturated carbocycles. The minimum atomic E-state index is -0.399. The third kappa shape index (κ3) is 2.79. The number of para-hydroxylation sites is 1. The molecule has 0 aliphatic rings. The number of non-ortho nitro benzene ring substituents is 1. The molecule has 0 bridgehead atoms.